The van der Waals surface area contributed by atoms with E-state index in [1.54, 1.807) is 12.1 Å². The van der Waals surface area contributed by atoms with Gasteiger partial charge in [0.2, 0.25) is 0 Å². The van der Waals surface area contributed by atoms with Crippen LogP contribution >= 0.6 is 11.6 Å². The molecule has 2 aromatic carbocycles. The molecular formula is C20H10ClN2O5-. The lowest BCUT2D eigenvalue weighted by Gasteiger charge is -2.03. The first-order valence-corrected chi connectivity index (χ1v) is 8.24. The second-order valence-electron chi connectivity index (χ2n) is 5.66. The predicted molar refractivity (Wildman–Crippen MR) is 100 cm³/mol. The molecule has 0 bridgehead atoms. The largest absolute Gasteiger partial charge is 0.545 e. The van der Waals surface area contributed by atoms with Gasteiger partial charge in [0, 0.05) is 17.7 Å². The zero-order valence-corrected chi connectivity index (χ0v) is 14.8. The van der Waals surface area contributed by atoms with Gasteiger partial charge in [-0.1, -0.05) is 35.9 Å². The number of rotatable bonds is 5. The first kappa shape index (κ1) is 18.9. The van der Waals surface area contributed by atoms with E-state index in [2.05, 4.69) is 0 Å². The summed E-state index contributed by atoms with van der Waals surface area (Å²) in [5.74, 6) is -0.551. The molecule has 0 spiro atoms. The number of allylic oxidation sites excluding steroid dienone is 1. The number of nitriles is 1. The molecule has 0 aliphatic heterocycles. The van der Waals surface area contributed by atoms with E-state index in [1.807, 2.05) is 6.07 Å². The number of aromatic carboxylic acids is 1. The molecule has 0 saturated carbocycles. The molecule has 0 saturated heterocycles. The fourth-order valence-corrected chi connectivity index (χ4v) is 2.77. The molecule has 7 nitrogen and oxygen atoms in total. The van der Waals surface area contributed by atoms with E-state index in [0.29, 0.717) is 22.6 Å². The van der Waals surface area contributed by atoms with Crippen LogP contribution < -0.4 is 5.11 Å². The van der Waals surface area contributed by atoms with Crippen molar-refractivity contribution in [3.05, 3.63) is 86.6 Å². The Hall–Kier alpha value is -3.89. The summed E-state index contributed by atoms with van der Waals surface area (Å²) in [6, 6.07) is 15.0. The number of nitro groups is 1. The summed E-state index contributed by atoms with van der Waals surface area (Å²) in [6.07, 6.45) is 1.50. The van der Waals surface area contributed by atoms with Gasteiger partial charge in [0.1, 0.15) is 11.5 Å². The fraction of sp³-hybridized carbons (Fsp3) is 0. The molecule has 0 N–H and O–H groups in total. The van der Waals surface area contributed by atoms with Crippen LogP contribution in [0.4, 0.5) is 5.69 Å². The number of carboxylic acid groups (broad SMARTS) is 1. The van der Waals surface area contributed by atoms with Crippen molar-refractivity contribution in [3.8, 4) is 17.4 Å². The molecular weight excluding hydrogens is 384 g/mol. The van der Waals surface area contributed by atoms with Crippen LogP contribution in [-0.2, 0) is 0 Å². The van der Waals surface area contributed by atoms with E-state index in [9.17, 15) is 25.3 Å². The number of halogens is 1. The van der Waals surface area contributed by atoms with Crippen molar-refractivity contribution in [3.63, 3.8) is 0 Å². The van der Waals surface area contributed by atoms with E-state index in [1.165, 1.54) is 48.5 Å². The van der Waals surface area contributed by atoms with Crippen LogP contribution in [0.25, 0.3) is 23.0 Å². The number of non-ortho nitro benzene ring substituents is 1. The normalized spacial score (nSPS) is 11.1. The monoisotopic (exact) mass is 393 g/mol. The van der Waals surface area contributed by atoms with Crippen molar-refractivity contribution in [2.45, 2.75) is 0 Å². The van der Waals surface area contributed by atoms with E-state index in [0.717, 1.165) is 0 Å². The van der Waals surface area contributed by atoms with Gasteiger partial charge in [0.25, 0.3) is 5.69 Å². The number of nitrogens with zero attached hydrogens (tertiary/aromatic N) is 2. The quantitative estimate of drug-likeness (QED) is 0.368. The summed E-state index contributed by atoms with van der Waals surface area (Å²) in [5, 5.41) is 31.2. The fourth-order valence-electron chi connectivity index (χ4n) is 2.50. The molecule has 8 heteroatoms. The van der Waals surface area contributed by atoms with E-state index in [-0.39, 0.29) is 21.8 Å². The molecule has 1 heterocycles. The smallest absolute Gasteiger partial charge is 0.270 e. The second kappa shape index (κ2) is 7.78. The number of hydrogen-bond acceptors (Lipinski definition) is 6. The molecule has 0 fully saturated rings. The van der Waals surface area contributed by atoms with Gasteiger partial charge < -0.3 is 14.3 Å². The van der Waals surface area contributed by atoms with E-state index in [4.69, 9.17) is 16.0 Å². The number of hydrogen-bond donors (Lipinski definition) is 0. The van der Waals surface area contributed by atoms with Crippen molar-refractivity contribution in [1.82, 2.24) is 0 Å². The van der Waals surface area contributed by atoms with Gasteiger partial charge in [0.15, 0.2) is 0 Å². The lowest BCUT2D eigenvalue weighted by molar-refractivity contribution is -0.384. The Morgan fingerprint density at radius 2 is 1.79 bits per heavy atom. The number of nitro benzene ring substituents is 1. The Morgan fingerprint density at radius 1 is 1.11 bits per heavy atom. The van der Waals surface area contributed by atoms with Gasteiger partial charge in [0.05, 0.1) is 27.6 Å². The van der Waals surface area contributed by atoms with Gasteiger partial charge in [-0.05, 0) is 35.4 Å². The molecule has 0 atom stereocenters. The minimum Gasteiger partial charge on any atom is -0.545 e. The lowest BCUT2D eigenvalue weighted by atomic mass is 10.0. The van der Waals surface area contributed by atoms with Crippen LogP contribution in [0.2, 0.25) is 5.02 Å². The molecule has 0 radical (unpaired) electrons. The van der Waals surface area contributed by atoms with Crippen molar-refractivity contribution in [2.75, 3.05) is 0 Å². The van der Waals surface area contributed by atoms with Crippen molar-refractivity contribution < 1.29 is 19.2 Å². The second-order valence-corrected chi connectivity index (χ2v) is 6.07. The summed E-state index contributed by atoms with van der Waals surface area (Å²) < 4.78 is 5.68. The third kappa shape index (κ3) is 3.92. The standard InChI is InChI=1S/C20H11ClN2O5/c21-18-10-15(23(26)27)5-7-17(18)19-8-6-16(28-19)9-14(11-22)12-1-3-13(4-2-12)20(24)25/h1-10H,(H,24,25)/p-1/b14-9+. The Morgan fingerprint density at radius 3 is 2.36 bits per heavy atom. The Balaban J connectivity index is 1.91. The number of carboxylic acids is 1. The predicted octanol–water partition coefficient (Wildman–Crippen LogP) is 3.94. The SMILES string of the molecule is N#C/C(=C\c1ccc(-c2ccc([N+](=O)[O-])cc2Cl)o1)c1ccc(C(=O)[O-])cc1. The highest BCUT2D eigenvalue weighted by atomic mass is 35.5. The zero-order chi connectivity index (χ0) is 20.3. The van der Waals surface area contributed by atoms with Crippen LogP contribution in [0.15, 0.2) is 59.0 Å². The average Bonchev–Trinajstić information content (AvgIpc) is 3.14. The molecule has 0 aliphatic carbocycles. The van der Waals surface area contributed by atoms with Crippen LogP contribution in [0, 0.1) is 21.4 Å². The van der Waals surface area contributed by atoms with Crippen molar-refractivity contribution >= 4 is 34.9 Å². The molecule has 3 rings (SSSR count). The summed E-state index contributed by atoms with van der Waals surface area (Å²) in [6.45, 7) is 0. The zero-order valence-electron chi connectivity index (χ0n) is 14.1. The molecule has 0 aliphatic rings. The first-order valence-electron chi connectivity index (χ1n) is 7.87. The molecule has 1 aromatic heterocycles. The van der Waals surface area contributed by atoms with Crippen molar-refractivity contribution in [2.24, 2.45) is 0 Å². The molecule has 0 unspecified atom stereocenters. The topological polar surface area (TPSA) is 120 Å². The third-order valence-electron chi connectivity index (χ3n) is 3.89. The van der Waals surface area contributed by atoms with Gasteiger partial charge >= 0.3 is 0 Å². The lowest BCUT2D eigenvalue weighted by Crippen LogP contribution is -2.21. The van der Waals surface area contributed by atoms with E-state index < -0.39 is 10.9 Å². The van der Waals surface area contributed by atoms with Crippen molar-refractivity contribution in [1.29, 1.82) is 5.26 Å². The minimum absolute atomic E-state index is 0.00846. The molecule has 28 heavy (non-hydrogen) atoms. The summed E-state index contributed by atoms with van der Waals surface area (Å²) >= 11 is 6.10. The van der Waals surface area contributed by atoms with Crippen LogP contribution in [0.5, 0.6) is 0 Å². The first-order chi connectivity index (χ1) is 13.4. The third-order valence-corrected chi connectivity index (χ3v) is 4.21. The maximum Gasteiger partial charge on any atom is 0.270 e. The molecule has 0 amide bonds. The number of carbonyl (C=O) groups is 1. The van der Waals surface area contributed by atoms with Crippen LogP contribution in [0.3, 0.4) is 0 Å². The number of carbonyl (C=O) groups excluding carboxylic acids is 1. The number of benzene rings is 2. The van der Waals surface area contributed by atoms with Gasteiger partial charge in [-0.15, -0.1) is 0 Å². The average molecular weight is 394 g/mol. The highest BCUT2D eigenvalue weighted by molar-refractivity contribution is 6.33. The molecule has 138 valence electrons. The Labute approximate surface area is 163 Å². The maximum atomic E-state index is 10.8. The Kier molecular flexibility index (Phi) is 5.25. The van der Waals surface area contributed by atoms with Crippen LogP contribution in [-0.4, -0.2) is 10.9 Å². The van der Waals surface area contributed by atoms with Gasteiger partial charge in [-0.2, -0.15) is 5.26 Å². The summed E-state index contributed by atoms with van der Waals surface area (Å²) in [7, 11) is 0. The highest BCUT2D eigenvalue weighted by Crippen LogP contribution is 2.33. The number of furan rings is 1. The highest BCUT2D eigenvalue weighted by Gasteiger charge is 2.13. The minimum atomic E-state index is -1.30. The summed E-state index contributed by atoms with van der Waals surface area (Å²) in [5.41, 5.74) is 1.13. The van der Waals surface area contributed by atoms with E-state index >= 15 is 0 Å². The molecule has 3 aromatic rings. The summed E-state index contributed by atoms with van der Waals surface area (Å²) in [4.78, 5) is 21.1. The van der Waals surface area contributed by atoms with Crippen LogP contribution in [0.1, 0.15) is 21.7 Å². The maximum absolute atomic E-state index is 10.8. The van der Waals surface area contributed by atoms with Gasteiger partial charge in [-0.25, -0.2) is 0 Å². The van der Waals surface area contributed by atoms with Gasteiger partial charge in [-0.3, -0.25) is 10.1 Å². The Bertz CT molecular complexity index is 1140.